The number of amides is 1. The third kappa shape index (κ3) is 2.92. The molecule has 4 rings (SSSR count). The monoisotopic (exact) mass is 357 g/mol. The van der Waals surface area contributed by atoms with Gasteiger partial charge in [-0.2, -0.15) is 4.98 Å². The van der Waals surface area contributed by atoms with Crippen LogP contribution in [0.1, 0.15) is 62.2 Å². The average molecular weight is 357 g/mol. The van der Waals surface area contributed by atoms with E-state index in [1.807, 2.05) is 6.92 Å². The van der Waals surface area contributed by atoms with Crippen LogP contribution in [-0.2, 0) is 16.6 Å². The minimum atomic E-state index is 0.00918. The number of allylic oxidation sites excluding steroid dienone is 1. The van der Waals surface area contributed by atoms with Crippen LogP contribution in [0.5, 0.6) is 0 Å². The van der Waals surface area contributed by atoms with Gasteiger partial charge in [0.1, 0.15) is 5.00 Å². The fourth-order valence-corrected chi connectivity index (χ4v) is 5.21. The third-order valence-electron chi connectivity index (χ3n) is 5.19. The molecular formula is C19H23N3O2S. The highest BCUT2D eigenvalue weighted by molar-refractivity contribution is 7.17. The van der Waals surface area contributed by atoms with Crippen molar-refractivity contribution in [2.24, 2.45) is 0 Å². The number of anilines is 1. The van der Waals surface area contributed by atoms with Crippen LogP contribution in [0.2, 0.25) is 0 Å². The second-order valence-corrected chi connectivity index (χ2v) is 8.67. The number of hydrogen-bond acceptors (Lipinski definition) is 5. The van der Waals surface area contributed by atoms with E-state index < -0.39 is 0 Å². The number of nitrogens with zero attached hydrogens (tertiary/aromatic N) is 2. The summed E-state index contributed by atoms with van der Waals surface area (Å²) in [5.74, 6) is 1.13. The second-order valence-electron chi connectivity index (χ2n) is 7.56. The van der Waals surface area contributed by atoms with Gasteiger partial charge in [0.25, 0.3) is 11.8 Å². The Bertz CT molecular complexity index is 860. The van der Waals surface area contributed by atoms with E-state index in [9.17, 15) is 4.79 Å². The van der Waals surface area contributed by atoms with Gasteiger partial charge in [-0.05, 0) is 56.4 Å². The lowest BCUT2D eigenvalue weighted by atomic mass is 9.85. The van der Waals surface area contributed by atoms with Gasteiger partial charge in [0.15, 0.2) is 5.82 Å². The molecule has 1 amide bonds. The number of carbonyl (C=O) groups excluding carboxylic acids is 1. The Morgan fingerprint density at radius 2 is 2.16 bits per heavy atom. The van der Waals surface area contributed by atoms with Gasteiger partial charge in [-0.15, -0.1) is 11.3 Å². The topological polar surface area (TPSA) is 68.0 Å². The normalized spacial score (nSPS) is 18.8. The van der Waals surface area contributed by atoms with Crippen molar-refractivity contribution in [1.82, 2.24) is 10.1 Å². The maximum atomic E-state index is 12.7. The van der Waals surface area contributed by atoms with Gasteiger partial charge in [0.2, 0.25) is 0 Å². The van der Waals surface area contributed by atoms with Crippen molar-refractivity contribution >= 4 is 22.2 Å². The van der Waals surface area contributed by atoms with Crippen molar-refractivity contribution < 1.29 is 9.32 Å². The van der Waals surface area contributed by atoms with Crippen molar-refractivity contribution in [3.05, 3.63) is 27.9 Å². The Hall–Kier alpha value is -1.95. The minimum absolute atomic E-state index is 0.00918. The van der Waals surface area contributed by atoms with Crippen LogP contribution in [0.3, 0.4) is 0 Å². The van der Waals surface area contributed by atoms with E-state index in [0.717, 1.165) is 48.2 Å². The molecule has 0 unspecified atom stereocenters. The molecular weight excluding hydrogens is 334 g/mol. The zero-order valence-electron chi connectivity index (χ0n) is 14.9. The van der Waals surface area contributed by atoms with Gasteiger partial charge in [-0.25, -0.2) is 0 Å². The summed E-state index contributed by atoms with van der Waals surface area (Å²) in [5.41, 5.74) is 3.13. The van der Waals surface area contributed by atoms with Crippen LogP contribution in [0.25, 0.3) is 11.5 Å². The molecule has 0 radical (unpaired) electrons. The van der Waals surface area contributed by atoms with E-state index in [4.69, 9.17) is 4.52 Å². The van der Waals surface area contributed by atoms with Crippen molar-refractivity contribution in [2.45, 2.75) is 64.7 Å². The number of fused-ring (bicyclic) bond motifs is 1. The number of carbonyl (C=O) groups is 1. The summed E-state index contributed by atoms with van der Waals surface area (Å²) in [7, 11) is 0. The van der Waals surface area contributed by atoms with E-state index in [-0.39, 0.29) is 11.3 Å². The summed E-state index contributed by atoms with van der Waals surface area (Å²) in [6, 6.07) is 0. The molecule has 0 fully saturated rings. The van der Waals surface area contributed by atoms with E-state index >= 15 is 0 Å². The molecule has 0 saturated heterocycles. The van der Waals surface area contributed by atoms with Crippen LogP contribution in [0.15, 0.2) is 16.2 Å². The molecule has 0 bridgehead atoms. The summed E-state index contributed by atoms with van der Waals surface area (Å²) in [5, 5.41) is 7.93. The Balaban J connectivity index is 1.75. The number of nitrogens with one attached hydrogen (secondary N) is 1. The fourth-order valence-electron chi connectivity index (χ4n) is 3.84. The van der Waals surface area contributed by atoms with Crippen molar-refractivity contribution in [3.8, 4) is 11.5 Å². The fraction of sp³-hybridized carbons (Fsp3) is 0.526. The summed E-state index contributed by atoms with van der Waals surface area (Å²) in [6.07, 6.45) is 8.32. The van der Waals surface area contributed by atoms with Gasteiger partial charge < -0.3 is 9.84 Å². The molecule has 0 spiro atoms. The van der Waals surface area contributed by atoms with Gasteiger partial charge in [-0.1, -0.05) is 25.1 Å². The number of rotatable bonds is 3. The summed E-state index contributed by atoms with van der Waals surface area (Å²) in [6.45, 7) is 6.30. The first-order valence-electron chi connectivity index (χ1n) is 8.93. The van der Waals surface area contributed by atoms with Crippen LogP contribution >= 0.6 is 11.3 Å². The van der Waals surface area contributed by atoms with Crippen molar-refractivity contribution in [3.63, 3.8) is 0 Å². The Morgan fingerprint density at radius 1 is 1.32 bits per heavy atom. The van der Waals surface area contributed by atoms with Gasteiger partial charge in [-0.3, -0.25) is 4.79 Å². The molecule has 2 aromatic heterocycles. The lowest BCUT2D eigenvalue weighted by Gasteiger charge is -2.19. The molecule has 25 heavy (non-hydrogen) atoms. The first-order valence-corrected chi connectivity index (χ1v) is 9.74. The third-order valence-corrected chi connectivity index (χ3v) is 6.35. The lowest BCUT2D eigenvalue weighted by molar-refractivity contribution is -0.113. The highest BCUT2D eigenvalue weighted by Gasteiger charge is 2.38. The van der Waals surface area contributed by atoms with Gasteiger partial charge >= 0.3 is 0 Å². The highest BCUT2D eigenvalue weighted by Crippen LogP contribution is 2.52. The first-order chi connectivity index (χ1) is 12.0. The van der Waals surface area contributed by atoms with Gasteiger partial charge in [0, 0.05) is 10.5 Å². The lowest BCUT2D eigenvalue weighted by Crippen LogP contribution is -2.17. The molecule has 0 atom stereocenters. The number of aryl methyl sites for hydroxylation is 2. The second kappa shape index (κ2) is 6.09. The SMILES string of the molecule is Cc1noc(-c2c(NC(=O)C3=CCCCC3)sc3c2C(C)(C)CC3)n1. The summed E-state index contributed by atoms with van der Waals surface area (Å²) in [4.78, 5) is 18.5. The quantitative estimate of drug-likeness (QED) is 0.859. The smallest absolute Gasteiger partial charge is 0.261 e. The van der Waals surface area contributed by atoms with Crippen LogP contribution < -0.4 is 5.32 Å². The van der Waals surface area contributed by atoms with E-state index in [0.29, 0.717) is 11.7 Å². The maximum absolute atomic E-state index is 12.7. The molecule has 0 aromatic carbocycles. The zero-order valence-corrected chi connectivity index (χ0v) is 15.8. The van der Waals surface area contributed by atoms with E-state index in [1.165, 1.54) is 16.9 Å². The molecule has 2 aliphatic carbocycles. The van der Waals surface area contributed by atoms with E-state index in [1.54, 1.807) is 11.3 Å². The summed E-state index contributed by atoms with van der Waals surface area (Å²) < 4.78 is 5.47. The molecule has 5 nitrogen and oxygen atoms in total. The Labute approximate surface area is 151 Å². The summed E-state index contributed by atoms with van der Waals surface area (Å²) >= 11 is 1.66. The van der Waals surface area contributed by atoms with Gasteiger partial charge in [0.05, 0.1) is 5.56 Å². The Kier molecular flexibility index (Phi) is 4.02. The number of hydrogen-bond donors (Lipinski definition) is 1. The first kappa shape index (κ1) is 16.5. The molecule has 2 aliphatic rings. The van der Waals surface area contributed by atoms with Crippen LogP contribution in [-0.4, -0.2) is 16.0 Å². The largest absolute Gasteiger partial charge is 0.334 e. The zero-order chi connectivity index (χ0) is 17.6. The molecule has 0 aliphatic heterocycles. The number of thiophene rings is 1. The predicted octanol–water partition coefficient (Wildman–Crippen LogP) is 4.77. The van der Waals surface area contributed by atoms with Crippen molar-refractivity contribution in [2.75, 3.05) is 5.32 Å². The van der Waals surface area contributed by atoms with E-state index in [2.05, 4.69) is 35.4 Å². The Morgan fingerprint density at radius 3 is 2.84 bits per heavy atom. The van der Waals surface area contributed by atoms with Crippen LogP contribution in [0, 0.1) is 6.92 Å². The molecule has 6 heteroatoms. The number of aromatic nitrogens is 2. The minimum Gasteiger partial charge on any atom is -0.334 e. The van der Waals surface area contributed by atoms with Crippen molar-refractivity contribution in [1.29, 1.82) is 0 Å². The molecule has 1 N–H and O–H groups in total. The molecule has 2 heterocycles. The molecule has 2 aromatic rings. The highest BCUT2D eigenvalue weighted by atomic mass is 32.1. The molecule has 0 saturated carbocycles. The standard InChI is InChI=1S/C19H23N3O2S/c1-11-20-17(24-22-11)14-15-13(9-10-19(15,2)3)25-18(14)21-16(23)12-7-5-4-6-8-12/h7H,4-6,8-10H2,1-3H3,(H,21,23). The van der Waals surface area contributed by atoms with Crippen LogP contribution in [0.4, 0.5) is 5.00 Å². The average Bonchev–Trinajstić information content (AvgIpc) is 3.24. The molecule has 132 valence electrons. The maximum Gasteiger partial charge on any atom is 0.261 e. The predicted molar refractivity (Wildman–Crippen MR) is 98.9 cm³/mol.